The van der Waals surface area contributed by atoms with Crippen molar-refractivity contribution in [2.45, 2.75) is 13.0 Å². The predicted octanol–water partition coefficient (Wildman–Crippen LogP) is -0.348. The summed E-state index contributed by atoms with van der Waals surface area (Å²) >= 11 is 0. The molecule has 0 aliphatic carbocycles. The van der Waals surface area contributed by atoms with Gasteiger partial charge in [-0.2, -0.15) is 0 Å². The van der Waals surface area contributed by atoms with Crippen LogP contribution in [0.2, 0.25) is 0 Å². The van der Waals surface area contributed by atoms with E-state index >= 15 is 0 Å². The molecule has 2 rings (SSSR count). The first-order valence-corrected chi connectivity index (χ1v) is 5.92. The molecule has 94 valence electrons. The zero-order chi connectivity index (χ0) is 12.3. The lowest BCUT2D eigenvalue weighted by molar-refractivity contribution is -0.132. The van der Waals surface area contributed by atoms with Crippen LogP contribution in [0.5, 0.6) is 0 Å². The Kier molecular flexibility index (Phi) is 3.63. The summed E-state index contributed by atoms with van der Waals surface area (Å²) < 4.78 is 1.86. The minimum absolute atomic E-state index is 0.134. The summed E-state index contributed by atoms with van der Waals surface area (Å²) in [5.41, 5.74) is 0. The van der Waals surface area contributed by atoms with Gasteiger partial charge in [0.1, 0.15) is 6.04 Å². The molecule has 6 nitrogen and oxygen atoms in total. The maximum atomic E-state index is 12.1. The molecular weight excluding hydrogens is 218 g/mol. The summed E-state index contributed by atoms with van der Waals surface area (Å²) in [7, 11) is 1.90. The van der Waals surface area contributed by atoms with Crippen LogP contribution in [-0.2, 0) is 11.8 Å². The van der Waals surface area contributed by atoms with Crippen molar-refractivity contribution in [3.05, 3.63) is 12.4 Å². The quantitative estimate of drug-likeness (QED) is 0.754. The largest absolute Gasteiger partial charge is 0.344 e. The summed E-state index contributed by atoms with van der Waals surface area (Å²) in [5, 5.41) is 6.36. The van der Waals surface area contributed by atoms with Gasteiger partial charge in [0, 0.05) is 45.6 Å². The number of piperazine rings is 1. The number of anilines is 1. The monoisotopic (exact) mass is 237 g/mol. The maximum absolute atomic E-state index is 12.1. The fourth-order valence-corrected chi connectivity index (χ4v) is 1.92. The highest BCUT2D eigenvalue weighted by Crippen LogP contribution is 2.06. The Bertz CT molecular complexity index is 383. The van der Waals surface area contributed by atoms with Crippen molar-refractivity contribution >= 4 is 11.9 Å². The number of amides is 1. The number of aryl methyl sites for hydroxylation is 1. The number of nitrogens with zero attached hydrogens (tertiary/aromatic N) is 3. The van der Waals surface area contributed by atoms with Gasteiger partial charge >= 0.3 is 0 Å². The summed E-state index contributed by atoms with van der Waals surface area (Å²) in [4.78, 5) is 18.2. The molecule has 1 aliphatic heterocycles. The molecule has 1 atom stereocenters. The Labute approximate surface area is 101 Å². The summed E-state index contributed by atoms with van der Waals surface area (Å²) in [5.74, 6) is 0.857. The molecule has 17 heavy (non-hydrogen) atoms. The van der Waals surface area contributed by atoms with Gasteiger partial charge in [-0.05, 0) is 6.92 Å². The molecule has 1 saturated heterocycles. The third kappa shape index (κ3) is 2.76. The van der Waals surface area contributed by atoms with E-state index in [1.165, 1.54) is 0 Å². The van der Waals surface area contributed by atoms with Crippen molar-refractivity contribution < 1.29 is 4.79 Å². The average Bonchev–Trinajstić information content (AvgIpc) is 2.75. The highest BCUT2D eigenvalue weighted by atomic mass is 16.2. The van der Waals surface area contributed by atoms with Crippen molar-refractivity contribution in [3.63, 3.8) is 0 Å². The number of aromatic nitrogens is 2. The summed E-state index contributed by atoms with van der Waals surface area (Å²) in [6.07, 6.45) is 3.56. The van der Waals surface area contributed by atoms with Crippen LogP contribution in [-0.4, -0.2) is 52.6 Å². The standard InChI is InChI=1S/C11H19N5O/c1-9(14-11-13-5-6-15(11)2)10(17)16-7-3-12-4-8-16/h5-6,9,12H,3-4,7-8H2,1-2H3,(H,13,14). The Morgan fingerprint density at radius 2 is 2.24 bits per heavy atom. The highest BCUT2D eigenvalue weighted by molar-refractivity contribution is 5.83. The first kappa shape index (κ1) is 11.9. The number of rotatable bonds is 3. The van der Waals surface area contributed by atoms with Crippen molar-refractivity contribution in [1.29, 1.82) is 0 Å². The number of hydrogen-bond acceptors (Lipinski definition) is 4. The van der Waals surface area contributed by atoms with Gasteiger partial charge in [-0.1, -0.05) is 0 Å². The molecule has 0 aromatic carbocycles. The van der Waals surface area contributed by atoms with Crippen LogP contribution in [0.4, 0.5) is 5.95 Å². The van der Waals surface area contributed by atoms with Gasteiger partial charge < -0.3 is 20.1 Å². The molecule has 0 spiro atoms. The molecule has 0 bridgehead atoms. The second kappa shape index (κ2) is 5.18. The Morgan fingerprint density at radius 3 is 2.82 bits per heavy atom. The molecule has 1 unspecified atom stereocenters. The van der Waals surface area contributed by atoms with E-state index in [-0.39, 0.29) is 11.9 Å². The highest BCUT2D eigenvalue weighted by Gasteiger charge is 2.22. The number of nitrogens with one attached hydrogen (secondary N) is 2. The van der Waals surface area contributed by atoms with Crippen LogP contribution >= 0.6 is 0 Å². The molecular formula is C11H19N5O. The van der Waals surface area contributed by atoms with E-state index < -0.39 is 0 Å². The molecule has 1 amide bonds. The van der Waals surface area contributed by atoms with E-state index in [2.05, 4.69) is 15.6 Å². The molecule has 1 aromatic heterocycles. The smallest absolute Gasteiger partial charge is 0.244 e. The molecule has 0 radical (unpaired) electrons. The first-order valence-electron chi connectivity index (χ1n) is 5.92. The van der Waals surface area contributed by atoms with Gasteiger partial charge in [0.15, 0.2) is 0 Å². The Hall–Kier alpha value is -1.56. The SMILES string of the molecule is CC(Nc1nccn1C)C(=O)N1CCNCC1. The lowest BCUT2D eigenvalue weighted by atomic mass is 10.2. The zero-order valence-corrected chi connectivity index (χ0v) is 10.3. The van der Waals surface area contributed by atoms with Gasteiger partial charge in [-0.3, -0.25) is 4.79 Å². The van der Waals surface area contributed by atoms with E-state index in [1.807, 2.05) is 29.6 Å². The minimum atomic E-state index is -0.241. The van der Waals surface area contributed by atoms with Crippen LogP contribution in [0.25, 0.3) is 0 Å². The van der Waals surface area contributed by atoms with Gasteiger partial charge in [0.2, 0.25) is 11.9 Å². The third-order valence-electron chi connectivity index (χ3n) is 2.97. The van der Waals surface area contributed by atoms with Crippen LogP contribution in [0.3, 0.4) is 0 Å². The van der Waals surface area contributed by atoms with E-state index in [0.29, 0.717) is 0 Å². The van der Waals surface area contributed by atoms with Crippen molar-refractivity contribution in [2.75, 3.05) is 31.5 Å². The predicted molar refractivity (Wildman–Crippen MR) is 65.7 cm³/mol. The van der Waals surface area contributed by atoms with Crippen LogP contribution in [0, 0.1) is 0 Å². The topological polar surface area (TPSA) is 62.2 Å². The van der Waals surface area contributed by atoms with Crippen molar-refractivity contribution in [1.82, 2.24) is 19.8 Å². The molecule has 1 aliphatic rings. The van der Waals surface area contributed by atoms with E-state index in [9.17, 15) is 4.79 Å². The molecule has 1 fully saturated rings. The summed E-state index contributed by atoms with van der Waals surface area (Å²) in [6.45, 7) is 5.19. The van der Waals surface area contributed by atoms with Crippen molar-refractivity contribution in [2.24, 2.45) is 7.05 Å². The molecule has 2 N–H and O–H groups in total. The molecule has 2 heterocycles. The Balaban J connectivity index is 1.93. The van der Waals surface area contributed by atoms with E-state index in [4.69, 9.17) is 0 Å². The fraction of sp³-hybridized carbons (Fsp3) is 0.636. The molecule has 6 heteroatoms. The minimum Gasteiger partial charge on any atom is -0.344 e. The van der Waals surface area contributed by atoms with Crippen molar-refractivity contribution in [3.8, 4) is 0 Å². The van der Waals surface area contributed by atoms with Crippen LogP contribution < -0.4 is 10.6 Å². The first-order chi connectivity index (χ1) is 8.18. The lowest BCUT2D eigenvalue weighted by Crippen LogP contribution is -2.50. The second-order valence-electron chi connectivity index (χ2n) is 4.30. The van der Waals surface area contributed by atoms with Gasteiger partial charge in [-0.15, -0.1) is 0 Å². The van der Waals surface area contributed by atoms with E-state index in [1.54, 1.807) is 6.20 Å². The number of carbonyl (C=O) groups is 1. The number of imidazole rings is 1. The normalized spacial score (nSPS) is 17.9. The molecule has 0 saturated carbocycles. The average molecular weight is 237 g/mol. The fourth-order valence-electron chi connectivity index (χ4n) is 1.92. The number of hydrogen-bond donors (Lipinski definition) is 2. The molecule has 1 aromatic rings. The third-order valence-corrected chi connectivity index (χ3v) is 2.97. The van der Waals surface area contributed by atoms with Gasteiger partial charge in [0.25, 0.3) is 0 Å². The maximum Gasteiger partial charge on any atom is 0.244 e. The van der Waals surface area contributed by atoms with Crippen LogP contribution in [0.1, 0.15) is 6.92 Å². The van der Waals surface area contributed by atoms with Gasteiger partial charge in [0.05, 0.1) is 0 Å². The number of carbonyl (C=O) groups excluding carboxylic acids is 1. The van der Waals surface area contributed by atoms with E-state index in [0.717, 1.165) is 32.1 Å². The lowest BCUT2D eigenvalue weighted by Gasteiger charge is -2.30. The van der Waals surface area contributed by atoms with Crippen LogP contribution in [0.15, 0.2) is 12.4 Å². The van der Waals surface area contributed by atoms with Gasteiger partial charge in [-0.25, -0.2) is 4.98 Å². The summed E-state index contributed by atoms with van der Waals surface area (Å²) in [6, 6.07) is -0.241. The Morgan fingerprint density at radius 1 is 1.53 bits per heavy atom. The second-order valence-corrected chi connectivity index (χ2v) is 4.30. The zero-order valence-electron chi connectivity index (χ0n) is 10.3.